The summed E-state index contributed by atoms with van der Waals surface area (Å²) in [5.74, 6) is 1.47. The zero-order valence-corrected chi connectivity index (χ0v) is 42.3. The number of nitriles is 1. The van der Waals surface area contributed by atoms with Gasteiger partial charge in [0.1, 0.15) is 29.4 Å². The van der Waals surface area contributed by atoms with Gasteiger partial charge in [-0.25, -0.2) is 9.46 Å². The van der Waals surface area contributed by atoms with E-state index in [9.17, 15) is 19.6 Å². The third-order valence-electron chi connectivity index (χ3n) is 13.1. The van der Waals surface area contributed by atoms with Crippen molar-refractivity contribution in [3.8, 4) is 17.6 Å². The van der Waals surface area contributed by atoms with Crippen LogP contribution in [0.5, 0.6) is 11.5 Å². The number of carbonyl (C=O) groups is 1. The summed E-state index contributed by atoms with van der Waals surface area (Å²) < 4.78 is 44.5. The van der Waals surface area contributed by atoms with E-state index >= 15 is 0 Å². The second-order valence-electron chi connectivity index (χ2n) is 18.8. The summed E-state index contributed by atoms with van der Waals surface area (Å²) in [6.07, 6.45) is 3.77. The molecule has 0 aliphatic carbocycles. The van der Waals surface area contributed by atoms with Gasteiger partial charge >= 0.3 is 5.69 Å². The van der Waals surface area contributed by atoms with Crippen molar-refractivity contribution in [3.05, 3.63) is 128 Å². The lowest BCUT2D eigenvalue weighted by Gasteiger charge is -2.39. The largest absolute Gasteiger partial charge is 0.497 e. The number of amides is 1. The highest BCUT2D eigenvalue weighted by molar-refractivity contribution is 7.44. The molecule has 2 fully saturated rings. The first-order valence-electron chi connectivity index (χ1n) is 24.0. The van der Waals surface area contributed by atoms with Crippen molar-refractivity contribution in [2.75, 3.05) is 54.6 Å². The van der Waals surface area contributed by atoms with Gasteiger partial charge in [0, 0.05) is 56.2 Å². The molecule has 0 bridgehead atoms. The van der Waals surface area contributed by atoms with Crippen molar-refractivity contribution in [2.45, 2.75) is 128 Å². The van der Waals surface area contributed by atoms with Crippen LogP contribution in [0.1, 0.15) is 101 Å². The average Bonchev–Trinajstić information content (AvgIpc) is 3.91. The summed E-state index contributed by atoms with van der Waals surface area (Å²) >= 11 is 0. The number of methoxy groups -OCH3 is 2. The molecule has 0 radical (unpaired) electrons. The molecule has 2 saturated heterocycles. The average molecular weight is 956 g/mol. The van der Waals surface area contributed by atoms with Crippen LogP contribution >= 0.6 is 8.53 Å². The van der Waals surface area contributed by atoms with Gasteiger partial charge in [0.2, 0.25) is 0 Å². The smallest absolute Gasteiger partial charge is 0.333 e. The van der Waals surface area contributed by atoms with Gasteiger partial charge in [-0.3, -0.25) is 18.7 Å². The maximum Gasteiger partial charge on any atom is 0.333 e. The van der Waals surface area contributed by atoms with Crippen molar-refractivity contribution in [2.24, 2.45) is 0 Å². The van der Waals surface area contributed by atoms with Gasteiger partial charge < -0.3 is 37.8 Å². The number of likely N-dealkylation sites (N-methyl/N-ethyl adjacent to an activating group) is 1. The van der Waals surface area contributed by atoms with Crippen molar-refractivity contribution in [3.63, 3.8) is 0 Å². The number of benzene rings is 3. The van der Waals surface area contributed by atoms with Gasteiger partial charge in [0.15, 0.2) is 6.04 Å². The van der Waals surface area contributed by atoms with Gasteiger partial charge in [0.05, 0.1) is 66.7 Å². The van der Waals surface area contributed by atoms with E-state index in [0.717, 1.165) is 48.9 Å². The first kappa shape index (κ1) is 52.5. The summed E-state index contributed by atoms with van der Waals surface area (Å²) in [7, 11) is 5.74. The van der Waals surface area contributed by atoms with Crippen LogP contribution in [0.15, 0.2) is 94.6 Å². The Morgan fingerprint density at radius 2 is 1.54 bits per heavy atom. The predicted molar refractivity (Wildman–Crippen MR) is 263 cm³/mol. The number of rotatable bonds is 24. The number of hydrogen-bond acceptors (Lipinski definition) is 11. The van der Waals surface area contributed by atoms with Crippen molar-refractivity contribution in [1.82, 2.24) is 19.1 Å². The number of unbranched alkanes of at least 4 members (excludes halogenated alkanes) is 2. The highest BCUT2D eigenvalue weighted by Crippen LogP contribution is 2.51. The van der Waals surface area contributed by atoms with E-state index in [4.69, 9.17) is 28.0 Å². The van der Waals surface area contributed by atoms with E-state index < -0.39 is 38.3 Å². The van der Waals surface area contributed by atoms with Crippen LogP contribution in [-0.4, -0.2) is 109 Å². The lowest BCUT2D eigenvalue weighted by atomic mass is 9.80. The second-order valence-corrected chi connectivity index (χ2v) is 20.2. The molecule has 368 valence electrons. The predicted octanol–water partition coefficient (Wildman–Crippen LogP) is 7.82. The quantitative estimate of drug-likeness (QED) is 0.0317. The fourth-order valence-electron chi connectivity index (χ4n) is 9.53. The Hall–Kier alpha value is -4.91. The van der Waals surface area contributed by atoms with E-state index in [1.165, 1.54) is 9.13 Å². The zero-order chi connectivity index (χ0) is 49.0. The van der Waals surface area contributed by atoms with E-state index in [0.29, 0.717) is 34.5 Å². The van der Waals surface area contributed by atoms with Gasteiger partial charge in [-0.05, 0) is 94.8 Å². The fourth-order valence-corrected chi connectivity index (χ4v) is 11.3. The molecule has 16 heteroatoms. The summed E-state index contributed by atoms with van der Waals surface area (Å²) in [4.78, 5) is 41.0. The minimum atomic E-state index is -1.72. The molecule has 2 aliphatic heterocycles. The lowest BCUT2D eigenvalue weighted by molar-refractivity contribution is -0.893. The molecule has 68 heavy (non-hydrogen) atoms. The first-order chi connectivity index (χ1) is 32.6. The molecule has 1 amide bonds. The number of aryl methyl sites for hydroxylation is 1. The SMILES string of the molecule is COc1ccc(C(OCC2OC(n3cc(C)c(=O)n(CCCCCNC(=O)C4CCC[N+]4(C)C)c3=O)CC2OP(OCCC#N)N(C(C)C)C(C)C)(c2ccccc2)c2ccc(OC)cc2)cc1. The van der Waals surface area contributed by atoms with Gasteiger partial charge in [0.25, 0.3) is 20.0 Å². The Balaban J connectivity index is 1.32. The van der Waals surface area contributed by atoms with Crippen LogP contribution in [0, 0.1) is 18.3 Å². The Morgan fingerprint density at radius 1 is 0.926 bits per heavy atom. The Kier molecular flexibility index (Phi) is 18.6. The molecule has 2 aliphatic rings. The molecule has 6 rings (SSSR count). The minimum absolute atomic E-state index is 0.0139. The molecule has 3 heterocycles. The number of ether oxygens (including phenoxy) is 4. The molecule has 0 saturated carbocycles. The minimum Gasteiger partial charge on any atom is -0.497 e. The molecular formula is C52H72N6O9P+. The summed E-state index contributed by atoms with van der Waals surface area (Å²) in [6, 6.07) is 27.8. The van der Waals surface area contributed by atoms with Crippen LogP contribution in [0.3, 0.4) is 0 Å². The molecule has 15 nitrogen and oxygen atoms in total. The lowest BCUT2D eigenvalue weighted by Crippen LogP contribution is -2.52. The molecule has 4 aromatic rings. The number of likely N-dealkylation sites (tertiary alicyclic amines) is 1. The number of hydrogen-bond donors (Lipinski definition) is 1. The molecule has 5 unspecified atom stereocenters. The first-order valence-corrected chi connectivity index (χ1v) is 25.1. The zero-order valence-electron chi connectivity index (χ0n) is 41.4. The topological polar surface area (TPSA) is 156 Å². The van der Waals surface area contributed by atoms with Crippen molar-refractivity contribution in [1.29, 1.82) is 5.26 Å². The third-order valence-corrected chi connectivity index (χ3v) is 15.3. The highest BCUT2D eigenvalue weighted by Gasteiger charge is 2.45. The van der Waals surface area contributed by atoms with Crippen LogP contribution < -0.4 is 26.0 Å². The number of carbonyl (C=O) groups excluding carboxylic acids is 1. The van der Waals surface area contributed by atoms with Crippen LogP contribution in [0.25, 0.3) is 0 Å². The monoisotopic (exact) mass is 956 g/mol. The van der Waals surface area contributed by atoms with Gasteiger partial charge in [-0.15, -0.1) is 0 Å². The van der Waals surface area contributed by atoms with Crippen molar-refractivity contribution < 1.29 is 37.3 Å². The summed E-state index contributed by atoms with van der Waals surface area (Å²) in [6.45, 7) is 12.0. The normalized spacial score (nSPS) is 19.6. The fraction of sp³-hybridized carbons (Fsp3) is 0.538. The standard InChI is InChI=1S/C52H71N6O9P/c1-37(2)57(38(3)4)68(65-33-17-29-53)67-46-34-48(56-35-39(5)50(60)55(51(56)61)31-15-11-14-30-54-49(59)45-20-16-32-58(45,6)7)66-47(46)36-64-52(40-18-12-10-13-19-40,41-21-25-43(62-8)26-22-41)42-23-27-44(63-9)28-24-42/h10,12-13,18-19,21-28,35,37-38,45-48H,11,14-17,20,30-34,36H2,1-9H3/p+1. The van der Waals surface area contributed by atoms with Crippen LogP contribution in [0.2, 0.25) is 0 Å². The molecule has 5 atom stereocenters. The maximum atomic E-state index is 14.5. The number of quaternary nitrogens is 1. The third kappa shape index (κ3) is 12.3. The molecule has 3 aromatic carbocycles. The Labute approximate surface area is 403 Å². The van der Waals surface area contributed by atoms with Crippen LogP contribution in [-0.2, 0) is 35.5 Å². The summed E-state index contributed by atoms with van der Waals surface area (Å²) in [5.41, 5.74) is 0.961. The number of nitrogens with one attached hydrogen (secondary N) is 1. The number of nitrogens with zero attached hydrogens (tertiary/aromatic N) is 5. The van der Waals surface area contributed by atoms with Gasteiger partial charge in [-0.1, -0.05) is 54.6 Å². The molecule has 0 spiro atoms. The molecular weight excluding hydrogens is 884 g/mol. The molecule has 1 N–H and O–H groups in total. The van der Waals surface area contributed by atoms with E-state index in [1.54, 1.807) is 27.3 Å². The van der Waals surface area contributed by atoms with Crippen molar-refractivity contribution >= 4 is 14.4 Å². The highest BCUT2D eigenvalue weighted by atomic mass is 31.2. The Bertz CT molecular complexity index is 2350. The van der Waals surface area contributed by atoms with E-state index in [1.807, 2.05) is 78.9 Å². The molecule has 1 aromatic heterocycles. The van der Waals surface area contributed by atoms with E-state index in [-0.39, 0.29) is 62.2 Å². The number of aromatic nitrogens is 2. The Morgan fingerprint density at radius 3 is 2.10 bits per heavy atom. The summed E-state index contributed by atoms with van der Waals surface area (Å²) in [5, 5.41) is 12.6. The second kappa shape index (κ2) is 24.1. The van der Waals surface area contributed by atoms with Gasteiger partial charge in [-0.2, -0.15) is 5.26 Å². The van der Waals surface area contributed by atoms with Crippen LogP contribution in [0.4, 0.5) is 0 Å². The maximum absolute atomic E-state index is 14.5. The van der Waals surface area contributed by atoms with E-state index in [2.05, 4.69) is 57.8 Å².